The molecular formula is C18H39N3. The number of hydrogen-bond acceptors (Lipinski definition) is 3. The van der Waals surface area contributed by atoms with E-state index in [-0.39, 0.29) is 5.54 Å². The Bertz CT molecular complexity index is 308. The maximum atomic E-state index is 3.73. The van der Waals surface area contributed by atoms with Crippen LogP contribution in [-0.2, 0) is 0 Å². The summed E-state index contributed by atoms with van der Waals surface area (Å²) in [6, 6.07) is 0.714. The zero-order valence-electron chi connectivity index (χ0n) is 15.8. The molecule has 1 rings (SSSR count). The van der Waals surface area contributed by atoms with Crippen molar-refractivity contribution in [3.8, 4) is 0 Å². The summed E-state index contributed by atoms with van der Waals surface area (Å²) < 4.78 is 0. The lowest BCUT2D eigenvalue weighted by Crippen LogP contribution is -2.47. The van der Waals surface area contributed by atoms with Crippen LogP contribution in [0.3, 0.4) is 0 Å². The van der Waals surface area contributed by atoms with Crippen LogP contribution in [0.15, 0.2) is 0 Å². The number of hydrogen-bond donors (Lipinski definition) is 1. The Morgan fingerprint density at radius 2 is 1.76 bits per heavy atom. The molecule has 0 radical (unpaired) electrons. The van der Waals surface area contributed by atoms with Crippen LogP contribution in [0.2, 0.25) is 0 Å². The molecule has 3 unspecified atom stereocenters. The van der Waals surface area contributed by atoms with Crippen LogP contribution in [-0.4, -0.2) is 61.7 Å². The first-order valence-corrected chi connectivity index (χ1v) is 8.70. The quantitative estimate of drug-likeness (QED) is 0.779. The van der Waals surface area contributed by atoms with Gasteiger partial charge in [0.1, 0.15) is 0 Å². The van der Waals surface area contributed by atoms with E-state index in [0.717, 1.165) is 12.5 Å². The minimum atomic E-state index is 0.208. The van der Waals surface area contributed by atoms with Crippen molar-refractivity contribution < 1.29 is 0 Å². The summed E-state index contributed by atoms with van der Waals surface area (Å²) in [5, 5.41) is 3.73. The molecule has 3 nitrogen and oxygen atoms in total. The summed E-state index contributed by atoms with van der Waals surface area (Å²) in [7, 11) is 4.44. The Hall–Kier alpha value is -0.120. The number of nitrogens with one attached hydrogen (secondary N) is 1. The summed E-state index contributed by atoms with van der Waals surface area (Å²) in [5.74, 6) is 0.779. The molecule has 0 bridgehead atoms. The predicted octanol–water partition coefficient (Wildman–Crippen LogP) is 3.06. The molecule has 3 atom stereocenters. The second-order valence-electron chi connectivity index (χ2n) is 8.87. The van der Waals surface area contributed by atoms with Crippen LogP contribution >= 0.6 is 0 Å². The molecule has 0 amide bonds. The van der Waals surface area contributed by atoms with Gasteiger partial charge in [0.15, 0.2) is 0 Å². The minimum absolute atomic E-state index is 0.208. The Kier molecular flexibility index (Phi) is 6.70. The van der Waals surface area contributed by atoms with Crippen molar-refractivity contribution >= 4 is 0 Å². The summed E-state index contributed by atoms with van der Waals surface area (Å²) >= 11 is 0. The van der Waals surface area contributed by atoms with Gasteiger partial charge >= 0.3 is 0 Å². The number of rotatable bonds is 7. The van der Waals surface area contributed by atoms with Crippen molar-refractivity contribution in [3.05, 3.63) is 0 Å². The van der Waals surface area contributed by atoms with E-state index in [0.29, 0.717) is 11.5 Å². The summed E-state index contributed by atoms with van der Waals surface area (Å²) in [4.78, 5) is 5.09. The standard InChI is InChI=1S/C18H39N3/c1-9-10-18(6,13-19-17(3,4)5)14-21-11-15(2)16(12-21)20(7)8/h15-16,19H,9-14H2,1-8H3. The molecule has 0 aromatic heterocycles. The van der Waals surface area contributed by atoms with E-state index in [1.54, 1.807) is 0 Å². The molecule has 0 aliphatic carbocycles. The van der Waals surface area contributed by atoms with E-state index in [1.807, 2.05) is 0 Å². The van der Waals surface area contributed by atoms with Gasteiger partial charge in [0, 0.05) is 37.8 Å². The molecule has 1 saturated heterocycles. The molecule has 0 aromatic carbocycles. The van der Waals surface area contributed by atoms with E-state index in [1.165, 1.54) is 32.5 Å². The lowest BCUT2D eigenvalue weighted by Gasteiger charge is -2.37. The summed E-state index contributed by atoms with van der Waals surface area (Å²) in [6.07, 6.45) is 2.57. The van der Waals surface area contributed by atoms with Gasteiger partial charge in [0.05, 0.1) is 0 Å². The van der Waals surface area contributed by atoms with Crippen LogP contribution < -0.4 is 5.32 Å². The maximum absolute atomic E-state index is 3.73. The highest BCUT2D eigenvalue weighted by atomic mass is 15.2. The van der Waals surface area contributed by atoms with Crippen molar-refractivity contribution in [2.75, 3.05) is 40.3 Å². The molecule has 1 heterocycles. The molecule has 0 saturated carbocycles. The van der Waals surface area contributed by atoms with Gasteiger partial charge in [0.25, 0.3) is 0 Å². The molecule has 3 heteroatoms. The lowest BCUT2D eigenvalue weighted by molar-refractivity contribution is 0.153. The molecule has 0 aromatic rings. The van der Waals surface area contributed by atoms with Gasteiger partial charge in [-0.15, -0.1) is 0 Å². The van der Waals surface area contributed by atoms with Crippen molar-refractivity contribution in [2.45, 2.75) is 66.0 Å². The van der Waals surface area contributed by atoms with Crippen molar-refractivity contribution in [1.82, 2.24) is 15.1 Å². The number of likely N-dealkylation sites (N-methyl/N-ethyl adjacent to an activating group) is 1. The fraction of sp³-hybridized carbons (Fsp3) is 1.00. The molecule has 126 valence electrons. The number of nitrogens with zero attached hydrogens (tertiary/aromatic N) is 2. The van der Waals surface area contributed by atoms with Gasteiger partial charge < -0.3 is 15.1 Å². The average molecular weight is 298 g/mol. The molecular weight excluding hydrogens is 258 g/mol. The Balaban J connectivity index is 2.62. The summed E-state index contributed by atoms with van der Waals surface area (Å²) in [5.41, 5.74) is 0.586. The van der Waals surface area contributed by atoms with Crippen molar-refractivity contribution in [3.63, 3.8) is 0 Å². The third-order valence-electron chi connectivity index (χ3n) is 4.82. The highest BCUT2D eigenvalue weighted by molar-refractivity contribution is 4.91. The van der Waals surface area contributed by atoms with E-state index in [9.17, 15) is 0 Å². The average Bonchev–Trinajstić information content (AvgIpc) is 2.67. The fourth-order valence-electron chi connectivity index (χ4n) is 3.69. The topological polar surface area (TPSA) is 18.5 Å². The molecule has 1 aliphatic heterocycles. The van der Waals surface area contributed by atoms with Gasteiger partial charge in [-0.3, -0.25) is 0 Å². The van der Waals surface area contributed by atoms with E-state index >= 15 is 0 Å². The summed E-state index contributed by atoms with van der Waals surface area (Å²) in [6.45, 7) is 18.8. The molecule has 0 spiro atoms. The normalized spacial score (nSPS) is 27.3. The number of likely N-dealkylation sites (tertiary alicyclic amines) is 1. The van der Waals surface area contributed by atoms with Gasteiger partial charge in [-0.2, -0.15) is 0 Å². The second kappa shape index (κ2) is 7.43. The van der Waals surface area contributed by atoms with Gasteiger partial charge in [0.2, 0.25) is 0 Å². The van der Waals surface area contributed by atoms with E-state index in [4.69, 9.17) is 0 Å². The fourth-order valence-corrected chi connectivity index (χ4v) is 3.69. The van der Waals surface area contributed by atoms with Crippen LogP contribution in [0, 0.1) is 11.3 Å². The maximum Gasteiger partial charge on any atom is 0.0254 e. The first-order chi connectivity index (χ1) is 9.56. The molecule has 1 aliphatic rings. The van der Waals surface area contributed by atoms with Crippen LogP contribution in [0.25, 0.3) is 0 Å². The monoisotopic (exact) mass is 297 g/mol. The highest BCUT2D eigenvalue weighted by Crippen LogP contribution is 2.29. The largest absolute Gasteiger partial charge is 0.311 e. The first kappa shape index (κ1) is 18.9. The first-order valence-electron chi connectivity index (χ1n) is 8.70. The minimum Gasteiger partial charge on any atom is -0.311 e. The Labute approximate surface area is 133 Å². The second-order valence-corrected chi connectivity index (χ2v) is 8.87. The molecule has 1 N–H and O–H groups in total. The Morgan fingerprint density at radius 1 is 1.14 bits per heavy atom. The third kappa shape index (κ3) is 6.25. The lowest BCUT2D eigenvalue weighted by atomic mass is 9.84. The van der Waals surface area contributed by atoms with E-state index in [2.05, 4.69) is 70.8 Å². The zero-order valence-corrected chi connectivity index (χ0v) is 15.8. The van der Waals surface area contributed by atoms with Crippen LogP contribution in [0.5, 0.6) is 0 Å². The van der Waals surface area contributed by atoms with E-state index < -0.39 is 0 Å². The highest BCUT2D eigenvalue weighted by Gasteiger charge is 2.35. The third-order valence-corrected chi connectivity index (χ3v) is 4.82. The van der Waals surface area contributed by atoms with Gasteiger partial charge in [-0.05, 0) is 52.6 Å². The van der Waals surface area contributed by atoms with Gasteiger partial charge in [-0.1, -0.05) is 27.2 Å². The van der Waals surface area contributed by atoms with Crippen molar-refractivity contribution in [2.24, 2.45) is 11.3 Å². The molecule has 1 fully saturated rings. The zero-order chi connectivity index (χ0) is 16.3. The van der Waals surface area contributed by atoms with Crippen molar-refractivity contribution in [1.29, 1.82) is 0 Å². The van der Waals surface area contributed by atoms with Gasteiger partial charge in [-0.25, -0.2) is 0 Å². The molecule has 21 heavy (non-hydrogen) atoms. The predicted molar refractivity (Wildman–Crippen MR) is 93.8 cm³/mol. The van der Waals surface area contributed by atoms with Crippen LogP contribution in [0.4, 0.5) is 0 Å². The smallest absolute Gasteiger partial charge is 0.0254 e. The SMILES string of the molecule is CCCC(C)(CNC(C)(C)C)CN1CC(C)C(N(C)C)C1. The Morgan fingerprint density at radius 3 is 2.19 bits per heavy atom. The van der Waals surface area contributed by atoms with Crippen LogP contribution in [0.1, 0.15) is 54.4 Å².